The molecule has 0 aliphatic carbocycles. The first-order valence-electron chi connectivity index (χ1n) is 9.01. The molecule has 2 aliphatic heterocycles. The van der Waals surface area contributed by atoms with Crippen LogP contribution in [0.3, 0.4) is 0 Å². The van der Waals surface area contributed by atoms with Gasteiger partial charge in [-0.05, 0) is 42.7 Å². The highest BCUT2D eigenvalue weighted by Gasteiger charge is 2.44. The third kappa shape index (κ3) is 2.93. The van der Waals surface area contributed by atoms with Crippen molar-refractivity contribution in [2.24, 2.45) is 4.99 Å². The zero-order valence-electron chi connectivity index (χ0n) is 14.9. The highest BCUT2D eigenvalue weighted by atomic mass is 28.3. The Morgan fingerprint density at radius 3 is 2.28 bits per heavy atom. The van der Waals surface area contributed by atoms with Gasteiger partial charge in [0.1, 0.15) is 5.84 Å². The molecule has 0 fully saturated rings. The van der Waals surface area contributed by atoms with Gasteiger partial charge in [-0.25, -0.2) is 0 Å². The number of fused-ring (bicyclic) bond motifs is 1. The van der Waals surface area contributed by atoms with Crippen molar-refractivity contribution in [3.63, 3.8) is 0 Å². The van der Waals surface area contributed by atoms with Crippen LogP contribution in [0.25, 0.3) is 0 Å². The van der Waals surface area contributed by atoms with Gasteiger partial charge >= 0.3 is 0 Å². The second-order valence-electron chi connectivity index (χ2n) is 7.22. The zero-order chi connectivity index (χ0) is 17.3. The van der Waals surface area contributed by atoms with Gasteiger partial charge in [0, 0.05) is 36.9 Å². The highest BCUT2D eigenvalue weighted by molar-refractivity contribution is 6.79. The minimum absolute atomic E-state index is 0.220. The van der Waals surface area contributed by atoms with Gasteiger partial charge in [0.2, 0.25) is 0 Å². The predicted molar refractivity (Wildman–Crippen MR) is 104 cm³/mol. The number of hydrogen-bond donors (Lipinski definition) is 0. The molecule has 5 heteroatoms. The maximum absolute atomic E-state index is 4.84. The molecule has 0 amide bonds. The van der Waals surface area contributed by atoms with E-state index in [-0.39, 0.29) is 5.54 Å². The second kappa shape index (κ2) is 6.56. The first-order valence-corrected chi connectivity index (χ1v) is 12.0. The monoisotopic (exact) mass is 348 g/mol. The van der Waals surface area contributed by atoms with Crippen molar-refractivity contribution in [2.75, 3.05) is 13.1 Å². The quantitative estimate of drug-likeness (QED) is 0.790. The van der Waals surface area contributed by atoms with Gasteiger partial charge in [-0.3, -0.25) is 15.0 Å². The van der Waals surface area contributed by atoms with Gasteiger partial charge in [-0.1, -0.05) is 31.3 Å². The molecular formula is C20H24N4Si. The molecule has 4 rings (SSSR count). The van der Waals surface area contributed by atoms with Crippen LogP contribution in [0, 0.1) is 0 Å². The summed E-state index contributed by atoms with van der Waals surface area (Å²) in [5.41, 5.74) is 3.89. The van der Waals surface area contributed by atoms with Gasteiger partial charge < -0.3 is 4.57 Å². The van der Waals surface area contributed by atoms with Crippen molar-refractivity contribution in [3.8, 4) is 0 Å². The van der Waals surface area contributed by atoms with Crippen LogP contribution in [0.2, 0.25) is 13.1 Å². The van der Waals surface area contributed by atoms with Gasteiger partial charge in [0.15, 0.2) is 8.24 Å². The molecule has 4 nitrogen and oxygen atoms in total. The summed E-state index contributed by atoms with van der Waals surface area (Å²) < 4.78 is 2.61. The summed E-state index contributed by atoms with van der Waals surface area (Å²) >= 11 is 0. The van der Waals surface area contributed by atoms with Crippen molar-refractivity contribution in [3.05, 3.63) is 71.8 Å². The van der Waals surface area contributed by atoms with Crippen molar-refractivity contribution in [1.82, 2.24) is 14.5 Å². The molecule has 4 heterocycles. The number of aliphatic imine (C=N–C) groups is 1. The van der Waals surface area contributed by atoms with E-state index in [4.69, 9.17) is 15.0 Å². The smallest absolute Gasteiger partial charge is 0.167 e. The molecule has 2 aromatic heterocycles. The summed E-state index contributed by atoms with van der Waals surface area (Å²) in [6, 6.07) is 12.4. The molecule has 0 bridgehead atoms. The summed E-state index contributed by atoms with van der Waals surface area (Å²) in [6.45, 7) is 6.85. The minimum Gasteiger partial charge on any atom is -0.382 e. The van der Waals surface area contributed by atoms with Crippen molar-refractivity contribution in [2.45, 2.75) is 31.5 Å². The molecule has 25 heavy (non-hydrogen) atoms. The fraction of sp³-hybridized carbons (Fsp3) is 0.350. The Morgan fingerprint density at radius 1 is 1.00 bits per heavy atom. The number of rotatable bonds is 4. The summed E-state index contributed by atoms with van der Waals surface area (Å²) in [7, 11) is -1.96. The zero-order valence-corrected chi connectivity index (χ0v) is 15.9. The van der Waals surface area contributed by atoms with Gasteiger partial charge in [-0.15, -0.1) is 0 Å². The normalized spacial score (nSPS) is 17.3. The molecule has 0 unspecified atom stereocenters. The summed E-state index contributed by atoms with van der Waals surface area (Å²) in [5.74, 6) is 1.24. The molecule has 2 aromatic rings. The van der Waals surface area contributed by atoms with E-state index in [9.17, 15) is 0 Å². The Balaban J connectivity index is 1.80. The lowest BCUT2D eigenvalue weighted by atomic mass is 10.1. The SMILES string of the molecule is C[Si](C)(C(c1ccccn1)c1ccccn1)N1CCC=C2CCN=C21. The average Bonchev–Trinajstić information content (AvgIpc) is 3.12. The molecule has 128 valence electrons. The molecule has 0 saturated heterocycles. The molecule has 0 saturated carbocycles. The molecule has 0 spiro atoms. The van der Waals surface area contributed by atoms with E-state index in [1.54, 1.807) is 0 Å². The van der Waals surface area contributed by atoms with Gasteiger partial charge in [-0.2, -0.15) is 0 Å². The highest BCUT2D eigenvalue weighted by Crippen LogP contribution is 2.37. The summed E-state index contributed by atoms with van der Waals surface area (Å²) in [5, 5.41) is 0. The van der Waals surface area contributed by atoms with Crippen LogP contribution in [0.1, 0.15) is 29.8 Å². The number of hydrogen-bond acceptors (Lipinski definition) is 4. The van der Waals surface area contributed by atoms with Crippen molar-refractivity contribution in [1.29, 1.82) is 0 Å². The van der Waals surface area contributed by atoms with Crippen LogP contribution in [-0.4, -0.2) is 41.7 Å². The Labute approximate surface area is 150 Å². The Kier molecular flexibility index (Phi) is 4.25. The number of pyridine rings is 2. The van der Waals surface area contributed by atoms with E-state index in [0.29, 0.717) is 0 Å². The van der Waals surface area contributed by atoms with Crippen LogP contribution >= 0.6 is 0 Å². The van der Waals surface area contributed by atoms with Crippen LogP contribution in [0.15, 0.2) is 65.4 Å². The maximum atomic E-state index is 4.84. The molecule has 0 N–H and O–H groups in total. The van der Waals surface area contributed by atoms with Crippen molar-refractivity contribution >= 4 is 14.1 Å². The van der Waals surface area contributed by atoms with Gasteiger partial charge in [0.25, 0.3) is 0 Å². The van der Waals surface area contributed by atoms with Gasteiger partial charge in [0.05, 0.1) is 5.54 Å². The van der Waals surface area contributed by atoms with E-state index in [1.807, 2.05) is 24.5 Å². The van der Waals surface area contributed by atoms with Crippen LogP contribution in [0.4, 0.5) is 0 Å². The lowest BCUT2D eigenvalue weighted by Gasteiger charge is -2.45. The summed E-state index contributed by atoms with van der Waals surface area (Å²) in [6.07, 6.45) is 8.37. The maximum Gasteiger partial charge on any atom is 0.167 e. The molecule has 0 atom stereocenters. The molecule has 0 radical (unpaired) electrons. The fourth-order valence-electron chi connectivity index (χ4n) is 4.11. The van der Waals surface area contributed by atoms with E-state index in [1.165, 1.54) is 11.4 Å². The van der Waals surface area contributed by atoms with Crippen LogP contribution in [-0.2, 0) is 0 Å². The van der Waals surface area contributed by atoms with Crippen molar-refractivity contribution < 1.29 is 0 Å². The third-order valence-corrected chi connectivity index (χ3v) is 9.13. The summed E-state index contributed by atoms with van der Waals surface area (Å²) in [4.78, 5) is 14.3. The number of aromatic nitrogens is 2. The molecule has 0 aromatic carbocycles. The van der Waals surface area contributed by atoms with E-state index in [2.05, 4.69) is 48.0 Å². The third-order valence-electron chi connectivity index (χ3n) is 5.30. The van der Waals surface area contributed by atoms with Crippen LogP contribution < -0.4 is 0 Å². The van der Waals surface area contributed by atoms with Crippen LogP contribution in [0.5, 0.6) is 0 Å². The topological polar surface area (TPSA) is 41.4 Å². The number of amidine groups is 1. The lowest BCUT2D eigenvalue weighted by Crippen LogP contribution is -2.58. The standard InChI is InChI=1S/C20H24N4Si/c1-25(2,24-15-7-8-16-11-14-23-20(16)24)19(17-9-3-5-12-21-17)18-10-4-6-13-22-18/h3-6,8-10,12-13,19H,7,11,14-15H2,1-2H3. The Bertz CT molecular complexity index is 759. The fourth-order valence-corrected chi connectivity index (χ4v) is 7.67. The minimum atomic E-state index is -1.96. The lowest BCUT2D eigenvalue weighted by molar-refractivity contribution is 0.585. The number of nitrogens with zero attached hydrogens (tertiary/aromatic N) is 4. The Hall–Kier alpha value is -2.27. The first kappa shape index (κ1) is 16.2. The molecule has 2 aliphatic rings. The molecular weight excluding hydrogens is 324 g/mol. The second-order valence-corrected chi connectivity index (χ2v) is 11.6. The first-order chi connectivity index (χ1) is 12.2. The van der Waals surface area contributed by atoms with E-state index < -0.39 is 8.24 Å². The average molecular weight is 349 g/mol. The van der Waals surface area contributed by atoms with E-state index in [0.717, 1.165) is 37.3 Å². The predicted octanol–water partition coefficient (Wildman–Crippen LogP) is 3.79. The Morgan fingerprint density at radius 2 is 1.68 bits per heavy atom. The largest absolute Gasteiger partial charge is 0.382 e. The van der Waals surface area contributed by atoms with E-state index >= 15 is 0 Å².